The van der Waals surface area contributed by atoms with E-state index in [1.165, 1.54) is 225 Å². The van der Waals surface area contributed by atoms with Crippen LogP contribution in [0.1, 0.15) is 328 Å². The lowest BCUT2D eigenvalue weighted by molar-refractivity contribution is -0.161. The third-order valence-electron chi connectivity index (χ3n) is 14.5. The highest BCUT2D eigenvalue weighted by Crippen LogP contribution is 2.18. The van der Waals surface area contributed by atoms with Gasteiger partial charge in [0.25, 0.3) is 0 Å². The Morgan fingerprint density at radius 3 is 0.853 bits per heavy atom. The van der Waals surface area contributed by atoms with Gasteiger partial charge in [-0.05, 0) is 64.2 Å². The van der Waals surface area contributed by atoms with Crippen LogP contribution in [0, 0.1) is 0 Å². The number of aliphatic hydroxyl groups excluding tert-OH is 1. The zero-order chi connectivity index (χ0) is 54.1. The van der Waals surface area contributed by atoms with Gasteiger partial charge in [-0.3, -0.25) is 9.59 Å². The fourth-order valence-electron chi connectivity index (χ4n) is 9.61. The Morgan fingerprint density at radius 2 is 0.573 bits per heavy atom. The molecule has 0 aliphatic heterocycles. The molecule has 434 valence electrons. The topological polar surface area (TPSA) is 72.8 Å². The van der Waals surface area contributed by atoms with Crippen molar-refractivity contribution in [3.05, 3.63) is 85.1 Å². The first-order chi connectivity index (χ1) is 37.1. The highest BCUT2D eigenvalue weighted by molar-refractivity contribution is 5.70. The van der Waals surface area contributed by atoms with Crippen LogP contribution in [0.4, 0.5) is 0 Å². The Bertz CT molecular complexity index is 1370. The van der Waals surface area contributed by atoms with Gasteiger partial charge in [-0.25, -0.2) is 0 Å². The molecular weight excluding hydrogens is 921 g/mol. The van der Waals surface area contributed by atoms with E-state index in [9.17, 15) is 14.7 Å². The molecule has 0 heterocycles. The largest absolute Gasteiger partial charge is 0.462 e. The van der Waals surface area contributed by atoms with Crippen molar-refractivity contribution in [2.24, 2.45) is 0 Å². The predicted octanol–water partition coefficient (Wildman–Crippen LogP) is 22.5. The van der Waals surface area contributed by atoms with Crippen molar-refractivity contribution in [2.75, 3.05) is 13.2 Å². The molecule has 5 heteroatoms. The lowest BCUT2D eigenvalue weighted by atomic mass is 10.0. The second-order valence-electron chi connectivity index (χ2n) is 21.8. The summed E-state index contributed by atoms with van der Waals surface area (Å²) in [4.78, 5) is 24.5. The van der Waals surface area contributed by atoms with Gasteiger partial charge in [0.1, 0.15) is 6.61 Å². The number of allylic oxidation sites excluding steroid dienone is 14. The molecule has 75 heavy (non-hydrogen) atoms. The van der Waals surface area contributed by atoms with Gasteiger partial charge in [0.15, 0.2) is 6.10 Å². The fourth-order valence-corrected chi connectivity index (χ4v) is 9.61. The lowest BCUT2D eigenvalue weighted by Crippen LogP contribution is -2.28. The summed E-state index contributed by atoms with van der Waals surface area (Å²) < 4.78 is 10.7. The second kappa shape index (κ2) is 65.4. The van der Waals surface area contributed by atoms with Crippen LogP contribution in [0.2, 0.25) is 0 Å². The number of carbonyl (C=O) groups is 2. The maximum Gasteiger partial charge on any atom is 0.306 e. The summed E-state index contributed by atoms with van der Waals surface area (Å²) in [6, 6.07) is 0. The summed E-state index contributed by atoms with van der Waals surface area (Å²) in [6.07, 6.45) is 91.9. The molecule has 0 aliphatic carbocycles. The Hall–Kier alpha value is -2.92. The van der Waals surface area contributed by atoms with Crippen LogP contribution >= 0.6 is 0 Å². The summed E-state index contributed by atoms with van der Waals surface area (Å²) in [5, 5.41) is 9.66. The Balaban J connectivity index is 3.45. The smallest absolute Gasteiger partial charge is 0.306 e. The van der Waals surface area contributed by atoms with Crippen molar-refractivity contribution in [1.29, 1.82) is 0 Å². The van der Waals surface area contributed by atoms with E-state index in [4.69, 9.17) is 9.47 Å². The minimum atomic E-state index is -0.808. The minimum absolute atomic E-state index is 0.0906. The monoisotopic (exact) mass is 1040 g/mol. The molecule has 0 bridgehead atoms. The molecule has 0 aliphatic rings. The second-order valence-corrected chi connectivity index (χ2v) is 21.8. The number of esters is 2. The first-order valence-corrected chi connectivity index (χ1v) is 32.6. The SMILES string of the molecule is CC/C=C\C/C=C\C/C=C\C/C=C\C/C=C\C/C=C\C/C=C\CCCC(=O)OC(CO)COC(=O)CCCCCCCCCCCCCCCCCCCCCCCCCCCCCCCCCCCCCCCC. The van der Waals surface area contributed by atoms with E-state index < -0.39 is 6.10 Å². The van der Waals surface area contributed by atoms with Gasteiger partial charge in [0, 0.05) is 12.8 Å². The van der Waals surface area contributed by atoms with E-state index in [1.807, 2.05) is 0 Å². The van der Waals surface area contributed by atoms with E-state index in [2.05, 4.69) is 98.9 Å². The van der Waals surface area contributed by atoms with Gasteiger partial charge < -0.3 is 14.6 Å². The van der Waals surface area contributed by atoms with Gasteiger partial charge in [-0.1, -0.05) is 336 Å². The number of ether oxygens (including phenoxy) is 2. The highest BCUT2D eigenvalue weighted by atomic mass is 16.6. The maximum atomic E-state index is 12.3. The van der Waals surface area contributed by atoms with Crippen LogP contribution in [-0.2, 0) is 19.1 Å². The van der Waals surface area contributed by atoms with Crippen molar-refractivity contribution in [3.8, 4) is 0 Å². The Labute approximate surface area is 466 Å². The van der Waals surface area contributed by atoms with Crippen molar-refractivity contribution in [2.45, 2.75) is 335 Å². The minimum Gasteiger partial charge on any atom is -0.462 e. The van der Waals surface area contributed by atoms with Gasteiger partial charge in [-0.2, -0.15) is 0 Å². The zero-order valence-electron chi connectivity index (χ0n) is 49.8. The van der Waals surface area contributed by atoms with E-state index >= 15 is 0 Å². The quantitative estimate of drug-likeness (QED) is 0.0373. The molecule has 0 aromatic rings. The summed E-state index contributed by atoms with van der Waals surface area (Å²) in [5.74, 6) is -0.652. The summed E-state index contributed by atoms with van der Waals surface area (Å²) >= 11 is 0. The first kappa shape index (κ1) is 72.1. The average molecular weight is 1050 g/mol. The highest BCUT2D eigenvalue weighted by Gasteiger charge is 2.16. The molecule has 0 amide bonds. The molecule has 0 fully saturated rings. The molecule has 0 saturated carbocycles. The molecular formula is C70H124O5. The molecule has 0 radical (unpaired) electrons. The van der Waals surface area contributed by atoms with E-state index in [0.29, 0.717) is 12.8 Å². The van der Waals surface area contributed by atoms with E-state index in [0.717, 1.165) is 70.6 Å². The van der Waals surface area contributed by atoms with E-state index in [1.54, 1.807) is 0 Å². The van der Waals surface area contributed by atoms with Gasteiger partial charge in [0.2, 0.25) is 0 Å². The molecule has 1 N–H and O–H groups in total. The van der Waals surface area contributed by atoms with Crippen molar-refractivity contribution in [3.63, 3.8) is 0 Å². The van der Waals surface area contributed by atoms with Gasteiger partial charge in [0.05, 0.1) is 6.61 Å². The normalized spacial score (nSPS) is 12.7. The summed E-state index contributed by atoms with van der Waals surface area (Å²) in [5.41, 5.74) is 0. The summed E-state index contributed by atoms with van der Waals surface area (Å²) in [7, 11) is 0. The van der Waals surface area contributed by atoms with Gasteiger partial charge >= 0.3 is 11.9 Å². The third kappa shape index (κ3) is 63.5. The lowest BCUT2D eigenvalue weighted by Gasteiger charge is -2.15. The maximum absolute atomic E-state index is 12.3. The van der Waals surface area contributed by atoms with Crippen molar-refractivity contribution < 1.29 is 24.2 Å². The molecule has 5 nitrogen and oxygen atoms in total. The molecule has 0 spiro atoms. The number of hydrogen-bond acceptors (Lipinski definition) is 5. The first-order valence-electron chi connectivity index (χ1n) is 32.6. The van der Waals surface area contributed by atoms with Crippen LogP contribution < -0.4 is 0 Å². The average Bonchev–Trinajstić information content (AvgIpc) is 3.41. The van der Waals surface area contributed by atoms with Crippen LogP contribution in [0.3, 0.4) is 0 Å². The molecule has 0 rings (SSSR count). The Morgan fingerprint density at radius 1 is 0.320 bits per heavy atom. The number of hydrogen-bond donors (Lipinski definition) is 1. The van der Waals surface area contributed by atoms with Crippen molar-refractivity contribution >= 4 is 11.9 Å². The predicted molar refractivity (Wildman–Crippen MR) is 329 cm³/mol. The number of rotatable bonds is 60. The zero-order valence-corrected chi connectivity index (χ0v) is 49.8. The molecule has 1 unspecified atom stereocenters. The molecule has 1 atom stereocenters. The third-order valence-corrected chi connectivity index (χ3v) is 14.5. The fraction of sp³-hybridized carbons (Fsp3) is 0.771. The number of carbonyl (C=O) groups excluding carboxylic acids is 2. The van der Waals surface area contributed by atoms with Crippen LogP contribution in [0.15, 0.2) is 85.1 Å². The molecule has 0 aromatic heterocycles. The Kier molecular flexibility index (Phi) is 62.8. The van der Waals surface area contributed by atoms with Crippen LogP contribution in [0.5, 0.6) is 0 Å². The van der Waals surface area contributed by atoms with Gasteiger partial charge in [-0.15, -0.1) is 0 Å². The summed E-state index contributed by atoms with van der Waals surface area (Å²) in [6.45, 7) is 4.01. The standard InChI is InChI=1S/C70H124O5/c1-3-5-7-9-11-13-15-17-19-21-23-25-27-28-29-30-31-32-33-34-35-36-37-38-39-40-41-43-44-46-48-50-52-54-56-58-60-62-64-69(72)74-67-68(66-71)75-70(73)65-63-61-59-57-55-53-51-49-47-45-42-26-24-22-20-18-16-14-12-10-8-6-4-2/h6,8,12,14,18,20,24,26,45,47,51,53,57,59,68,71H,3-5,7,9-11,13,15-17,19,21-23,25,27-44,46,48-50,52,54-56,58,60-67H2,1-2H3/b8-6-,14-12-,20-18-,26-24-,47-45-,53-51-,59-57-. The molecule has 0 aromatic carbocycles. The van der Waals surface area contributed by atoms with Crippen LogP contribution in [-0.4, -0.2) is 36.4 Å². The number of unbranched alkanes of at least 4 members (excludes halogenated alkanes) is 38. The number of aliphatic hydroxyl groups is 1. The van der Waals surface area contributed by atoms with E-state index in [-0.39, 0.29) is 31.6 Å². The van der Waals surface area contributed by atoms with Crippen LogP contribution in [0.25, 0.3) is 0 Å². The van der Waals surface area contributed by atoms with Crippen molar-refractivity contribution in [1.82, 2.24) is 0 Å². The molecule has 0 saturated heterocycles.